The van der Waals surface area contributed by atoms with Crippen LogP contribution in [0, 0.1) is 5.82 Å². The van der Waals surface area contributed by atoms with Gasteiger partial charge in [-0.25, -0.2) is 4.39 Å². The van der Waals surface area contributed by atoms with Gasteiger partial charge in [-0.3, -0.25) is 14.2 Å². The number of carbonyl (C=O) groups excluding carboxylic acids is 1. The Morgan fingerprint density at radius 3 is 2.88 bits per heavy atom. The Kier molecular flexibility index (Phi) is 5.50. The van der Waals surface area contributed by atoms with Crippen molar-refractivity contribution in [2.24, 2.45) is 0 Å². The summed E-state index contributed by atoms with van der Waals surface area (Å²) in [5.41, 5.74) is 0.751. The van der Waals surface area contributed by atoms with Gasteiger partial charge in [0.25, 0.3) is 0 Å². The van der Waals surface area contributed by atoms with Crippen molar-refractivity contribution in [1.29, 1.82) is 0 Å². The maximum Gasteiger partial charge on any atom is 0.227 e. The molecule has 0 aliphatic rings. The third kappa shape index (κ3) is 4.90. The number of hydrogen-bond donors (Lipinski definition) is 1. The molecule has 0 radical (unpaired) electrons. The number of aromatic nitrogens is 4. The summed E-state index contributed by atoms with van der Waals surface area (Å²) >= 11 is 9.41. The van der Waals surface area contributed by atoms with E-state index in [1.165, 1.54) is 12.1 Å². The van der Waals surface area contributed by atoms with Crippen molar-refractivity contribution in [3.63, 3.8) is 0 Å². The highest BCUT2D eigenvalue weighted by atomic mass is 79.9. The van der Waals surface area contributed by atoms with E-state index >= 15 is 0 Å². The lowest BCUT2D eigenvalue weighted by Gasteiger charge is -2.04. The highest BCUT2D eigenvalue weighted by molar-refractivity contribution is 9.10. The number of rotatable bonds is 6. The summed E-state index contributed by atoms with van der Waals surface area (Å²) < 4.78 is 17.3. The Hall–Kier alpha value is -2.19. The summed E-state index contributed by atoms with van der Waals surface area (Å²) in [7, 11) is 0. The van der Waals surface area contributed by atoms with Crippen LogP contribution < -0.4 is 5.32 Å². The van der Waals surface area contributed by atoms with Crippen LogP contribution in [0.5, 0.6) is 0 Å². The van der Waals surface area contributed by atoms with Crippen molar-refractivity contribution < 1.29 is 9.18 Å². The molecule has 2 aromatic heterocycles. The van der Waals surface area contributed by atoms with Gasteiger partial charge in [-0.1, -0.05) is 23.7 Å². The highest BCUT2D eigenvalue weighted by Gasteiger charge is 2.11. The molecule has 1 N–H and O–H groups in total. The molecule has 3 aromatic rings. The number of carbonyl (C=O) groups is 1. The summed E-state index contributed by atoms with van der Waals surface area (Å²) in [4.78, 5) is 12.0. The zero-order chi connectivity index (χ0) is 17.8. The van der Waals surface area contributed by atoms with Crippen molar-refractivity contribution >= 4 is 39.3 Å². The molecule has 0 fully saturated rings. The lowest BCUT2D eigenvalue weighted by Crippen LogP contribution is -2.15. The Morgan fingerprint density at radius 1 is 1.32 bits per heavy atom. The molecule has 25 heavy (non-hydrogen) atoms. The summed E-state index contributed by atoms with van der Waals surface area (Å²) in [6.45, 7) is 0.799. The third-order valence-corrected chi connectivity index (χ3v) is 4.06. The topological polar surface area (TPSA) is 64.7 Å². The summed E-state index contributed by atoms with van der Waals surface area (Å²) in [6, 6.07) is 6.23. The Morgan fingerprint density at radius 2 is 2.16 bits per heavy atom. The maximum atomic E-state index is 13.2. The average Bonchev–Trinajstić information content (AvgIpc) is 3.11. The molecule has 0 aliphatic carbocycles. The summed E-state index contributed by atoms with van der Waals surface area (Å²) in [5.74, 6) is -0.246. The van der Waals surface area contributed by atoms with Crippen LogP contribution in [-0.2, 0) is 17.9 Å². The van der Waals surface area contributed by atoms with E-state index in [4.69, 9.17) is 11.6 Å². The average molecular weight is 427 g/mol. The van der Waals surface area contributed by atoms with Crippen LogP contribution in [0.25, 0.3) is 0 Å². The zero-order valence-corrected chi connectivity index (χ0v) is 15.3. The largest absolute Gasteiger partial charge is 0.308 e. The molecule has 9 heteroatoms. The van der Waals surface area contributed by atoms with Crippen molar-refractivity contribution in [1.82, 2.24) is 19.6 Å². The fourth-order valence-corrected chi connectivity index (χ4v) is 2.78. The van der Waals surface area contributed by atoms with Gasteiger partial charge < -0.3 is 5.32 Å². The number of benzene rings is 1. The number of anilines is 1. The first-order chi connectivity index (χ1) is 12.0. The fraction of sp³-hybridized carbons (Fsp3) is 0.188. The monoisotopic (exact) mass is 425 g/mol. The van der Waals surface area contributed by atoms with Crippen LogP contribution in [0.15, 0.2) is 47.3 Å². The zero-order valence-electron chi connectivity index (χ0n) is 13.0. The van der Waals surface area contributed by atoms with Gasteiger partial charge in [0.2, 0.25) is 5.91 Å². The van der Waals surface area contributed by atoms with E-state index in [0.29, 0.717) is 18.1 Å². The molecular weight excluding hydrogens is 413 g/mol. The first-order valence-corrected chi connectivity index (χ1v) is 8.62. The molecule has 1 amide bonds. The minimum atomic E-state index is -0.311. The fourth-order valence-electron chi connectivity index (χ4n) is 2.26. The first-order valence-electron chi connectivity index (χ1n) is 7.45. The van der Waals surface area contributed by atoms with Gasteiger partial charge >= 0.3 is 0 Å². The molecule has 6 nitrogen and oxygen atoms in total. The van der Waals surface area contributed by atoms with Crippen LogP contribution >= 0.6 is 27.5 Å². The van der Waals surface area contributed by atoms with Gasteiger partial charge in [0, 0.05) is 25.4 Å². The number of hydrogen-bond acceptors (Lipinski definition) is 3. The van der Waals surface area contributed by atoms with Crippen LogP contribution in [0.1, 0.15) is 12.0 Å². The first kappa shape index (κ1) is 17.6. The van der Waals surface area contributed by atoms with Crippen molar-refractivity contribution in [2.45, 2.75) is 19.5 Å². The predicted molar refractivity (Wildman–Crippen MR) is 95.9 cm³/mol. The Balaban J connectivity index is 1.59. The molecular formula is C16H14BrClFN5O. The Labute approximate surface area is 156 Å². The van der Waals surface area contributed by atoms with Crippen LogP contribution in [-0.4, -0.2) is 25.5 Å². The highest BCUT2D eigenvalue weighted by Crippen LogP contribution is 2.20. The Bertz CT molecular complexity index is 894. The van der Waals surface area contributed by atoms with Crippen LogP contribution in [0.2, 0.25) is 5.02 Å². The van der Waals surface area contributed by atoms with Gasteiger partial charge in [0.05, 0.1) is 17.2 Å². The second-order valence-corrected chi connectivity index (χ2v) is 6.70. The number of nitrogens with zero attached hydrogens (tertiary/aromatic N) is 4. The maximum absolute atomic E-state index is 13.2. The summed E-state index contributed by atoms with van der Waals surface area (Å²) in [6.07, 6.45) is 5.27. The smallest absolute Gasteiger partial charge is 0.227 e. The van der Waals surface area contributed by atoms with Gasteiger partial charge in [0.15, 0.2) is 5.82 Å². The lowest BCUT2D eigenvalue weighted by molar-refractivity contribution is -0.116. The van der Waals surface area contributed by atoms with Crippen LogP contribution in [0.4, 0.5) is 10.2 Å². The van der Waals surface area contributed by atoms with Gasteiger partial charge in [-0.05, 0) is 33.6 Å². The number of nitrogens with one attached hydrogen (secondary N) is 1. The second kappa shape index (κ2) is 7.79. The molecule has 0 unspecified atom stereocenters. The molecule has 130 valence electrons. The second-order valence-electron chi connectivity index (χ2n) is 5.37. The van der Waals surface area contributed by atoms with E-state index in [1.807, 2.05) is 0 Å². The van der Waals surface area contributed by atoms with E-state index in [-0.39, 0.29) is 24.0 Å². The van der Waals surface area contributed by atoms with Crippen molar-refractivity contribution in [3.8, 4) is 0 Å². The quantitative estimate of drug-likeness (QED) is 0.653. The van der Waals surface area contributed by atoms with Gasteiger partial charge in [0.1, 0.15) is 10.8 Å². The molecule has 0 atom stereocenters. The normalized spacial score (nSPS) is 10.8. The molecule has 3 rings (SSSR count). The molecule has 0 bridgehead atoms. The van der Waals surface area contributed by atoms with E-state index < -0.39 is 0 Å². The standard InChI is InChI=1S/C16H14BrClFN5O/c17-12-7-20-23(9-12)5-4-15(25)21-16-14(18)10-24(22-16)8-11-2-1-3-13(19)6-11/h1-3,6-7,9-10H,4-5,8H2,(H,21,22,25). The van der Waals surface area contributed by atoms with Gasteiger partial charge in [-0.15, -0.1) is 0 Å². The molecule has 1 aromatic carbocycles. The predicted octanol–water partition coefficient (Wildman–Crippen LogP) is 3.71. The van der Waals surface area contributed by atoms with Crippen molar-refractivity contribution in [3.05, 3.63) is 63.7 Å². The summed E-state index contributed by atoms with van der Waals surface area (Å²) in [5, 5.41) is 11.3. The number of halogens is 3. The minimum Gasteiger partial charge on any atom is -0.308 e. The number of amides is 1. The number of aryl methyl sites for hydroxylation is 1. The third-order valence-electron chi connectivity index (χ3n) is 3.38. The van der Waals surface area contributed by atoms with Gasteiger partial charge in [-0.2, -0.15) is 10.2 Å². The van der Waals surface area contributed by atoms with Crippen LogP contribution in [0.3, 0.4) is 0 Å². The van der Waals surface area contributed by atoms with E-state index in [1.54, 1.807) is 40.1 Å². The van der Waals surface area contributed by atoms with E-state index in [2.05, 4.69) is 31.4 Å². The SMILES string of the molecule is O=C(CCn1cc(Br)cn1)Nc1nn(Cc2cccc(F)c2)cc1Cl. The molecule has 0 saturated heterocycles. The van der Waals surface area contributed by atoms with Crippen molar-refractivity contribution in [2.75, 3.05) is 5.32 Å². The minimum absolute atomic E-state index is 0.218. The molecule has 0 saturated carbocycles. The molecule has 2 heterocycles. The van der Waals surface area contributed by atoms with E-state index in [0.717, 1.165) is 10.0 Å². The van der Waals surface area contributed by atoms with E-state index in [9.17, 15) is 9.18 Å². The molecule has 0 spiro atoms. The lowest BCUT2D eigenvalue weighted by atomic mass is 10.2. The molecule has 0 aliphatic heterocycles.